The normalized spacial score (nSPS) is 27.2. The number of rotatable bonds is 6. The molecule has 0 aromatic carbocycles. The maximum absolute atomic E-state index is 12.3. The maximum atomic E-state index is 12.3. The summed E-state index contributed by atoms with van der Waals surface area (Å²) in [7, 11) is -3.09. The van der Waals surface area contributed by atoms with Crippen LogP contribution in [-0.2, 0) is 10.0 Å². The maximum Gasteiger partial charge on any atom is 0.215 e. The minimum Gasteiger partial charge on any atom is -0.316 e. The highest BCUT2D eigenvalue weighted by Gasteiger charge is 2.33. The monoisotopic (exact) mass is 262 g/mol. The van der Waals surface area contributed by atoms with E-state index >= 15 is 0 Å². The summed E-state index contributed by atoms with van der Waals surface area (Å²) < 4.78 is 26.2. The van der Waals surface area contributed by atoms with Gasteiger partial charge in [0.15, 0.2) is 0 Å². The Morgan fingerprint density at radius 3 is 2.29 bits per heavy atom. The average Bonchev–Trinajstić information content (AvgIpc) is 2.24. The van der Waals surface area contributed by atoms with Crippen molar-refractivity contribution in [1.82, 2.24) is 9.62 Å². The molecule has 1 fully saturated rings. The Bertz CT molecular complexity index is 306. The van der Waals surface area contributed by atoms with E-state index in [2.05, 4.69) is 12.2 Å². The van der Waals surface area contributed by atoms with Crippen molar-refractivity contribution >= 4 is 10.0 Å². The molecule has 0 bridgehead atoms. The standard InChI is InChI=1S/C12H26N2O2S/c1-4-8-13-9-10-17(15,16)14-11(2)6-5-7-12(14)3/h11-13H,4-10H2,1-3H3. The molecule has 5 heteroatoms. The SMILES string of the molecule is CCCNCCS(=O)(=O)N1C(C)CCCC1C. The van der Waals surface area contributed by atoms with E-state index in [-0.39, 0.29) is 17.8 Å². The molecule has 1 aliphatic heterocycles. The first-order chi connectivity index (χ1) is 7.99. The zero-order valence-corrected chi connectivity index (χ0v) is 12.1. The Labute approximate surface area is 106 Å². The third-order valence-corrected chi connectivity index (χ3v) is 5.48. The fourth-order valence-corrected chi connectivity index (χ4v) is 4.47. The van der Waals surface area contributed by atoms with Crippen LogP contribution in [0.1, 0.15) is 46.5 Å². The molecule has 0 radical (unpaired) electrons. The van der Waals surface area contributed by atoms with Crippen molar-refractivity contribution in [2.75, 3.05) is 18.8 Å². The molecule has 0 saturated carbocycles. The Morgan fingerprint density at radius 2 is 1.76 bits per heavy atom. The lowest BCUT2D eigenvalue weighted by Crippen LogP contribution is -2.49. The Hall–Kier alpha value is -0.130. The van der Waals surface area contributed by atoms with Gasteiger partial charge in [-0.05, 0) is 39.7 Å². The van der Waals surface area contributed by atoms with E-state index in [0.717, 1.165) is 32.2 Å². The molecule has 4 nitrogen and oxygen atoms in total. The molecule has 1 aliphatic rings. The highest BCUT2D eigenvalue weighted by Crippen LogP contribution is 2.25. The zero-order chi connectivity index (χ0) is 12.9. The van der Waals surface area contributed by atoms with Gasteiger partial charge in [0.25, 0.3) is 0 Å². The van der Waals surface area contributed by atoms with E-state index in [4.69, 9.17) is 0 Å². The lowest BCUT2D eigenvalue weighted by Gasteiger charge is -2.37. The molecule has 0 aliphatic carbocycles. The third kappa shape index (κ3) is 4.23. The van der Waals surface area contributed by atoms with Crippen LogP contribution >= 0.6 is 0 Å². The second-order valence-electron chi connectivity index (χ2n) is 5.02. The summed E-state index contributed by atoms with van der Waals surface area (Å²) in [5.74, 6) is 0.224. The van der Waals surface area contributed by atoms with E-state index in [1.807, 2.05) is 13.8 Å². The highest BCUT2D eigenvalue weighted by atomic mass is 32.2. The van der Waals surface area contributed by atoms with Crippen LogP contribution in [0, 0.1) is 0 Å². The summed E-state index contributed by atoms with van der Waals surface area (Å²) in [6.45, 7) is 7.57. The first-order valence-corrected chi connectivity index (χ1v) is 8.32. The molecule has 0 spiro atoms. The van der Waals surface area contributed by atoms with Crippen molar-refractivity contribution in [2.45, 2.75) is 58.5 Å². The Kier molecular flexibility index (Phi) is 5.89. The van der Waals surface area contributed by atoms with Crippen molar-refractivity contribution in [2.24, 2.45) is 0 Å². The minimum atomic E-state index is -3.09. The fourth-order valence-electron chi connectivity index (χ4n) is 2.55. The fraction of sp³-hybridized carbons (Fsp3) is 1.00. The van der Waals surface area contributed by atoms with Crippen LogP contribution in [0.15, 0.2) is 0 Å². The number of nitrogens with zero attached hydrogens (tertiary/aromatic N) is 1. The summed E-state index contributed by atoms with van der Waals surface area (Å²) >= 11 is 0. The summed E-state index contributed by atoms with van der Waals surface area (Å²) in [5, 5.41) is 3.15. The van der Waals surface area contributed by atoms with Crippen LogP contribution in [0.5, 0.6) is 0 Å². The van der Waals surface area contributed by atoms with Gasteiger partial charge in [-0.25, -0.2) is 8.42 Å². The highest BCUT2D eigenvalue weighted by molar-refractivity contribution is 7.89. The van der Waals surface area contributed by atoms with Crippen LogP contribution in [0.25, 0.3) is 0 Å². The molecular formula is C12H26N2O2S. The lowest BCUT2D eigenvalue weighted by atomic mass is 10.0. The van der Waals surface area contributed by atoms with Crippen molar-refractivity contribution in [3.8, 4) is 0 Å². The summed E-state index contributed by atoms with van der Waals surface area (Å²) in [5.41, 5.74) is 0. The lowest BCUT2D eigenvalue weighted by molar-refractivity contribution is 0.204. The molecule has 1 saturated heterocycles. The molecule has 17 heavy (non-hydrogen) atoms. The van der Waals surface area contributed by atoms with Gasteiger partial charge in [0.2, 0.25) is 10.0 Å². The van der Waals surface area contributed by atoms with Gasteiger partial charge >= 0.3 is 0 Å². The molecule has 0 aromatic heterocycles. The first-order valence-electron chi connectivity index (χ1n) is 6.71. The molecule has 102 valence electrons. The van der Waals surface area contributed by atoms with Gasteiger partial charge in [-0.2, -0.15) is 4.31 Å². The van der Waals surface area contributed by atoms with Crippen molar-refractivity contribution in [3.63, 3.8) is 0 Å². The predicted molar refractivity (Wildman–Crippen MR) is 71.6 cm³/mol. The van der Waals surface area contributed by atoms with E-state index < -0.39 is 10.0 Å². The number of hydrogen-bond acceptors (Lipinski definition) is 3. The molecule has 1 rings (SSSR count). The molecule has 2 atom stereocenters. The largest absolute Gasteiger partial charge is 0.316 e. The first kappa shape index (κ1) is 14.9. The van der Waals surface area contributed by atoms with Gasteiger partial charge in [0.05, 0.1) is 5.75 Å². The van der Waals surface area contributed by atoms with Gasteiger partial charge in [-0.1, -0.05) is 13.3 Å². The number of nitrogens with one attached hydrogen (secondary N) is 1. The van der Waals surface area contributed by atoms with Crippen molar-refractivity contribution < 1.29 is 8.42 Å². The topological polar surface area (TPSA) is 49.4 Å². The van der Waals surface area contributed by atoms with Crippen molar-refractivity contribution in [1.29, 1.82) is 0 Å². The van der Waals surface area contributed by atoms with Gasteiger partial charge in [0, 0.05) is 18.6 Å². The molecular weight excluding hydrogens is 236 g/mol. The second-order valence-corrected chi connectivity index (χ2v) is 7.02. The number of sulfonamides is 1. The number of piperidine rings is 1. The molecule has 0 amide bonds. The van der Waals surface area contributed by atoms with E-state index in [0.29, 0.717) is 6.54 Å². The van der Waals surface area contributed by atoms with Crippen LogP contribution in [-0.4, -0.2) is 43.6 Å². The molecule has 1 heterocycles. The predicted octanol–water partition coefficient (Wildman–Crippen LogP) is 1.58. The van der Waals surface area contributed by atoms with Crippen molar-refractivity contribution in [3.05, 3.63) is 0 Å². The van der Waals surface area contributed by atoms with Gasteiger partial charge in [-0.3, -0.25) is 0 Å². The quantitative estimate of drug-likeness (QED) is 0.739. The van der Waals surface area contributed by atoms with E-state index in [9.17, 15) is 8.42 Å². The van der Waals surface area contributed by atoms with Crippen LogP contribution in [0.2, 0.25) is 0 Å². The molecule has 2 unspecified atom stereocenters. The van der Waals surface area contributed by atoms with Gasteiger partial charge in [0.1, 0.15) is 0 Å². The minimum absolute atomic E-state index is 0.162. The van der Waals surface area contributed by atoms with Crippen LogP contribution in [0.3, 0.4) is 0 Å². The van der Waals surface area contributed by atoms with Crippen LogP contribution < -0.4 is 5.32 Å². The summed E-state index contributed by atoms with van der Waals surface area (Å²) in [6, 6.07) is 0.324. The summed E-state index contributed by atoms with van der Waals surface area (Å²) in [4.78, 5) is 0. The summed E-state index contributed by atoms with van der Waals surface area (Å²) in [6.07, 6.45) is 4.16. The second kappa shape index (κ2) is 6.71. The van der Waals surface area contributed by atoms with E-state index in [1.54, 1.807) is 4.31 Å². The van der Waals surface area contributed by atoms with Gasteiger partial charge < -0.3 is 5.32 Å². The molecule has 0 aromatic rings. The zero-order valence-electron chi connectivity index (χ0n) is 11.3. The smallest absolute Gasteiger partial charge is 0.215 e. The van der Waals surface area contributed by atoms with Crippen LogP contribution in [0.4, 0.5) is 0 Å². The average molecular weight is 262 g/mol. The Morgan fingerprint density at radius 1 is 1.18 bits per heavy atom. The Balaban J connectivity index is 2.55. The molecule has 1 N–H and O–H groups in total. The van der Waals surface area contributed by atoms with Gasteiger partial charge in [-0.15, -0.1) is 0 Å². The number of hydrogen-bond donors (Lipinski definition) is 1. The third-order valence-electron chi connectivity index (χ3n) is 3.40. The van der Waals surface area contributed by atoms with E-state index in [1.165, 1.54) is 0 Å².